The zero-order valence-corrected chi connectivity index (χ0v) is 13.1. The Morgan fingerprint density at radius 1 is 1.29 bits per heavy atom. The molecule has 21 heavy (non-hydrogen) atoms. The molecule has 0 radical (unpaired) electrons. The molecule has 0 bridgehead atoms. The highest BCUT2D eigenvalue weighted by Crippen LogP contribution is 2.16. The SMILES string of the molecule is COCc1cccc(-n2nnnc2C(C)NCC(C)C)c1. The second kappa shape index (κ2) is 7.28. The molecule has 114 valence electrons. The van der Waals surface area contributed by atoms with Crippen molar-refractivity contribution in [1.82, 2.24) is 25.5 Å². The molecule has 0 aliphatic rings. The first-order valence-corrected chi connectivity index (χ1v) is 7.21. The molecule has 1 heterocycles. The van der Waals surface area contributed by atoms with Crippen molar-refractivity contribution in [2.45, 2.75) is 33.4 Å². The van der Waals surface area contributed by atoms with E-state index in [0.717, 1.165) is 23.6 Å². The van der Waals surface area contributed by atoms with Crippen LogP contribution in [0.3, 0.4) is 0 Å². The molecule has 0 spiro atoms. The third-order valence-corrected chi connectivity index (χ3v) is 3.18. The van der Waals surface area contributed by atoms with Crippen LogP contribution in [0.2, 0.25) is 0 Å². The monoisotopic (exact) mass is 289 g/mol. The van der Waals surface area contributed by atoms with E-state index in [-0.39, 0.29) is 6.04 Å². The fourth-order valence-corrected chi connectivity index (χ4v) is 2.10. The average molecular weight is 289 g/mol. The minimum absolute atomic E-state index is 0.0912. The first kappa shape index (κ1) is 15.6. The number of benzene rings is 1. The molecular weight excluding hydrogens is 266 g/mol. The molecule has 1 N–H and O–H groups in total. The highest BCUT2D eigenvalue weighted by molar-refractivity contribution is 5.35. The Labute approximate surface area is 125 Å². The van der Waals surface area contributed by atoms with Gasteiger partial charge in [-0.2, -0.15) is 4.68 Å². The topological polar surface area (TPSA) is 64.9 Å². The van der Waals surface area contributed by atoms with Gasteiger partial charge >= 0.3 is 0 Å². The number of nitrogens with one attached hydrogen (secondary N) is 1. The van der Waals surface area contributed by atoms with E-state index in [4.69, 9.17) is 4.74 Å². The normalized spacial score (nSPS) is 12.8. The van der Waals surface area contributed by atoms with Crippen LogP contribution < -0.4 is 5.32 Å². The number of hydrogen-bond acceptors (Lipinski definition) is 5. The van der Waals surface area contributed by atoms with E-state index in [9.17, 15) is 0 Å². The van der Waals surface area contributed by atoms with E-state index in [1.54, 1.807) is 11.8 Å². The Balaban J connectivity index is 2.21. The summed E-state index contributed by atoms with van der Waals surface area (Å²) in [6.45, 7) is 7.93. The summed E-state index contributed by atoms with van der Waals surface area (Å²) in [4.78, 5) is 0. The lowest BCUT2D eigenvalue weighted by molar-refractivity contribution is 0.185. The summed E-state index contributed by atoms with van der Waals surface area (Å²) in [5.41, 5.74) is 2.04. The molecule has 0 saturated carbocycles. The van der Waals surface area contributed by atoms with Gasteiger partial charge in [0.05, 0.1) is 18.3 Å². The standard InChI is InChI=1S/C15H23N5O/c1-11(2)9-16-12(3)15-17-18-19-20(15)14-7-5-6-13(8-14)10-21-4/h5-8,11-12,16H,9-10H2,1-4H3. The van der Waals surface area contributed by atoms with E-state index in [2.05, 4.69) is 41.6 Å². The fraction of sp³-hybridized carbons (Fsp3) is 0.533. The van der Waals surface area contributed by atoms with Crippen LogP contribution in [0.1, 0.15) is 38.2 Å². The minimum atomic E-state index is 0.0912. The first-order chi connectivity index (χ1) is 10.1. The summed E-state index contributed by atoms with van der Waals surface area (Å²) in [7, 11) is 1.69. The zero-order valence-electron chi connectivity index (χ0n) is 13.1. The van der Waals surface area contributed by atoms with E-state index in [1.165, 1.54) is 0 Å². The Bertz CT molecular complexity index is 567. The Morgan fingerprint density at radius 3 is 2.81 bits per heavy atom. The van der Waals surface area contributed by atoms with Crippen molar-refractivity contribution in [3.63, 3.8) is 0 Å². The van der Waals surface area contributed by atoms with Crippen LogP contribution >= 0.6 is 0 Å². The maximum absolute atomic E-state index is 5.17. The summed E-state index contributed by atoms with van der Waals surface area (Å²) in [5, 5.41) is 15.5. The molecule has 0 saturated heterocycles. The Kier molecular flexibility index (Phi) is 5.41. The molecule has 6 nitrogen and oxygen atoms in total. The summed E-state index contributed by atoms with van der Waals surface area (Å²) >= 11 is 0. The highest BCUT2D eigenvalue weighted by atomic mass is 16.5. The first-order valence-electron chi connectivity index (χ1n) is 7.21. The Hall–Kier alpha value is -1.79. The molecule has 6 heteroatoms. The van der Waals surface area contributed by atoms with Gasteiger partial charge < -0.3 is 10.1 Å². The van der Waals surface area contributed by atoms with Crippen molar-refractivity contribution in [3.05, 3.63) is 35.7 Å². The zero-order chi connectivity index (χ0) is 15.2. The highest BCUT2D eigenvalue weighted by Gasteiger charge is 2.15. The molecule has 0 aliphatic heterocycles. The van der Waals surface area contributed by atoms with Crippen LogP contribution in [0, 0.1) is 5.92 Å². The van der Waals surface area contributed by atoms with Gasteiger partial charge in [-0.25, -0.2) is 0 Å². The molecule has 1 atom stereocenters. The van der Waals surface area contributed by atoms with Crippen molar-refractivity contribution in [1.29, 1.82) is 0 Å². The van der Waals surface area contributed by atoms with Gasteiger partial charge in [-0.3, -0.25) is 0 Å². The van der Waals surface area contributed by atoms with Crippen molar-refractivity contribution < 1.29 is 4.74 Å². The largest absolute Gasteiger partial charge is 0.380 e. The smallest absolute Gasteiger partial charge is 0.173 e. The van der Waals surface area contributed by atoms with Gasteiger partial charge in [0.25, 0.3) is 0 Å². The number of methoxy groups -OCH3 is 1. The number of hydrogen-bond donors (Lipinski definition) is 1. The maximum atomic E-state index is 5.17. The van der Waals surface area contributed by atoms with E-state index in [1.807, 2.05) is 24.3 Å². The van der Waals surface area contributed by atoms with Crippen molar-refractivity contribution in [2.75, 3.05) is 13.7 Å². The van der Waals surface area contributed by atoms with E-state index in [0.29, 0.717) is 12.5 Å². The average Bonchev–Trinajstić information content (AvgIpc) is 2.95. The fourth-order valence-electron chi connectivity index (χ4n) is 2.10. The van der Waals surface area contributed by atoms with Crippen LogP contribution in [-0.2, 0) is 11.3 Å². The molecular formula is C15H23N5O. The minimum Gasteiger partial charge on any atom is -0.380 e. The summed E-state index contributed by atoms with van der Waals surface area (Å²) in [6, 6.07) is 8.14. The molecule has 0 amide bonds. The van der Waals surface area contributed by atoms with Gasteiger partial charge in [-0.15, -0.1) is 5.10 Å². The van der Waals surface area contributed by atoms with Crippen LogP contribution in [-0.4, -0.2) is 33.9 Å². The molecule has 1 unspecified atom stereocenters. The van der Waals surface area contributed by atoms with Gasteiger partial charge in [0, 0.05) is 7.11 Å². The van der Waals surface area contributed by atoms with Gasteiger partial charge in [0.1, 0.15) is 0 Å². The second-order valence-corrected chi connectivity index (χ2v) is 5.58. The Morgan fingerprint density at radius 2 is 2.10 bits per heavy atom. The quantitative estimate of drug-likeness (QED) is 0.845. The molecule has 0 aliphatic carbocycles. The van der Waals surface area contributed by atoms with Crippen LogP contribution in [0.15, 0.2) is 24.3 Å². The lowest BCUT2D eigenvalue weighted by atomic mass is 10.2. The molecule has 2 rings (SSSR count). The third-order valence-electron chi connectivity index (χ3n) is 3.18. The van der Waals surface area contributed by atoms with E-state index >= 15 is 0 Å². The van der Waals surface area contributed by atoms with Crippen LogP contribution in [0.5, 0.6) is 0 Å². The molecule has 0 fully saturated rings. The second-order valence-electron chi connectivity index (χ2n) is 5.58. The number of nitrogens with zero attached hydrogens (tertiary/aromatic N) is 4. The van der Waals surface area contributed by atoms with Gasteiger partial charge in [-0.1, -0.05) is 26.0 Å². The maximum Gasteiger partial charge on any atom is 0.173 e. The molecule has 1 aromatic carbocycles. The lowest BCUT2D eigenvalue weighted by Crippen LogP contribution is -2.25. The van der Waals surface area contributed by atoms with Gasteiger partial charge in [0.2, 0.25) is 0 Å². The van der Waals surface area contributed by atoms with E-state index < -0.39 is 0 Å². The van der Waals surface area contributed by atoms with Crippen molar-refractivity contribution in [2.24, 2.45) is 5.92 Å². The van der Waals surface area contributed by atoms with Crippen molar-refractivity contribution >= 4 is 0 Å². The molecule has 2 aromatic rings. The lowest BCUT2D eigenvalue weighted by Gasteiger charge is -2.15. The summed E-state index contributed by atoms with van der Waals surface area (Å²) in [5.74, 6) is 1.40. The van der Waals surface area contributed by atoms with Gasteiger partial charge in [0.15, 0.2) is 5.82 Å². The summed E-state index contributed by atoms with van der Waals surface area (Å²) in [6.07, 6.45) is 0. The number of tetrazole rings is 1. The summed E-state index contributed by atoms with van der Waals surface area (Å²) < 4.78 is 6.94. The third kappa shape index (κ3) is 4.09. The predicted octanol–water partition coefficient (Wildman–Crippen LogP) is 2.12. The number of aromatic nitrogens is 4. The van der Waals surface area contributed by atoms with Crippen LogP contribution in [0.25, 0.3) is 5.69 Å². The van der Waals surface area contributed by atoms with Gasteiger partial charge in [-0.05, 0) is 47.5 Å². The number of rotatable bonds is 7. The van der Waals surface area contributed by atoms with Crippen molar-refractivity contribution in [3.8, 4) is 5.69 Å². The number of ether oxygens (including phenoxy) is 1. The predicted molar refractivity (Wildman–Crippen MR) is 81.1 cm³/mol. The molecule has 1 aromatic heterocycles. The van der Waals surface area contributed by atoms with Crippen LogP contribution in [0.4, 0.5) is 0 Å².